The van der Waals surface area contributed by atoms with Crippen LogP contribution in [0.3, 0.4) is 0 Å². The van der Waals surface area contributed by atoms with Crippen LogP contribution in [0.2, 0.25) is 0 Å². The number of aliphatic hydroxyl groups is 1. The third kappa shape index (κ3) is 2.60. The molecule has 2 heteroatoms. The van der Waals surface area contributed by atoms with E-state index in [1.807, 2.05) is 14.0 Å². The van der Waals surface area contributed by atoms with E-state index in [2.05, 4.69) is 5.32 Å². The van der Waals surface area contributed by atoms with Crippen molar-refractivity contribution in [3.05, 3.63) is 0 Å². The van der Waals surface area contributed by atoms with Gasteiger partial charge in [-0.25, -0.2) is 0 Å². The number of aliphatic hydroxyl groups excluding tert-OH is 1. The normalized spacial score (nSPS) is 18.9. The third-order valence-corrected chi connectivity index (χ3v) is 1.18. The summed E-state index contributed by atoms with van der Waals surface area (Å²) >= 11 is 0. The van der Waals surface area contributed by atoms with Gasteiger partial charge in [0.15, 0.2) is 0 Å². The van der Waals surface area contributed by atoms with Crippen molar-refractivity contribution in [1.29, 1.82) is 0 Å². The Hall–Kier alpha value is -0.0800. The van der Waals surface area contributed by atoms with E-state index in [0.717, 1.165) is 0 Å². The van der Waals surface area contributed by atoms with Crippen molar-refractivity contribution in [1.82, 2.24) is 5.32 Å². The maximum absolute atomic E-state index is 8.76. The fourth-order valence-electron chi connectivity index (χ4n) is 0.241. The molecule has 0 aliphatic rings. The van der Waals surface area contributed by atoms with Gasteiger partial charge in [0.1, 0.15) is 0 Å². The summed E-state index contributed by atoms with van der Waals surface area (Å²) in [5.41, 5.74) is 0. The molecule has 0 aliphatic carbocycles. The highest BCUT2D eigenvalue weighted by Gasteiger charge is 2.02. The fraction of sp³-hybridized carbons (Fsp3) is 1.00. The van der Waals surface area contributed by atoms with Crippen LogP contribution in [0.5, 0.6) is 0 Å². The molecule has 7 heavy (non-hydrogen) atoms. The van der Waals surface area contributed by atoms with Gasteiger partial charge in [-0.2, -0.15) is 0 Å². The lowest BCUT2D eigenvalue weighted by atomic mass is 10.2. The maximum atomic E-state index is 8.76. The molecule has 44 valence electrons. The highest BCUT2D eigenvalue weighted by atomic mass is 16.3. The van der Waals surface area contributed by atoms with Gasteiger partial charge in [-0.15, -0.1) is 0 Å². The molecule has 0 aromatic carbocycles. The summed E-state index contributed by atoms with van der Waals surface area (Å²) in [4.78, 5) is 0. The lowest BCUT2D eigenvalue weighted by Crippen LogP contribution is -2.32. The molecule has 0 spiro atoms. The van der Waals surface area contributed by atoms with Gasteiger partial charge < -0.3 is 10.4 Å². The largest absolute Gasteiger partial charge is 0.392 e. The fourth-order valence-corrected chi connectivity index (χ4v) is 0.241. The smallest absolute Gasteiger partial charge is 0.0662 e. The Morgan fingerprint density at radius 1 is 1.43 bits per heavy atom. The van der Waals surface area contributed by atoms with Crippen molar-refractivity contribution in [2.45, 2.75) is 26.0 Å². The van der Waals surface area contributed by atoms with Crippen LogP contribution in [0.15, 0.2) is 0 Å². The molecule has 2 atom stereocenters. The minimum atomic E-state index is -0.245. The minimum absolute atomic E-state index is 0.208. The predicted molar refractivity (Wildman–Crippen MR) is 30.2 cm³/mol. The summed E-state index contributed by atoms with van der Waals surface area (Å²) in [5.74, 6) is 0. The molecule has 0 aromatic rings. The molecule has 0 aromatic heterocycles. The van der Waals surface area contributed by atoms with Crippen LogP contribution < -0.4 is 5.32 Å². The van der Waals surface area contributed by atoms with Crippen LogP contribution in [0, 0.1) is 0 Å². The van der Waals surface area contributed by atoms with Crippen LogP contribution in [-0.4, -0.2) is 24.3 Å². The van der Waals surface area contributed by atoms with Gasteiger partial charge in [-0.05, 0) is 20.9 Å². The number of hydrogen-bond donors (Lipinski definition) is 2. The van der Waals surface area contributed by atoms with Gasteiger partial charge in [-0.1, -0.05) is 0 Å². The van der Waals surface area contributed by atoms with Gasteiger partial charge in [-0.3, -0.25) is 0 Å². The lowest BCUT2D eigenvalue weighted by Gasteiger charge is -2.11. The Morgan fingerprint density at radius 2 is 1.86 bits per heavy atom. The van der Waals surface area contributed by atoms with E-state index >= 15 is 0 Å². The van der Waals surface area contributed by atoms with Crippen LogP contribution in [0.1, 0.15) is 13.8 Å². The zero-order valence-corrected chi connectivity index (χ0v) is 5.10. The summed E-state index contributed by atoms with van der Waals surface area (Å²) < 4.78 is 0. The Kier molecular flexibility index (Phi) is 2.96. The van der Waals surface area contributed by atoms with E-state index in [9.17, 15) is 0 Å². The predicted octanol–water partition coefficient (Wildman–Crippen LogP) is -0.0249. The molecule has 0 fully saturated rings. The van der Waals surface area contributed by atoms with Crippen molar-refractivity contribution in [3.63, 3.8) is 0 Å². The van der Waals surface area contributed by atoms with Gasteiger partial charge in [0.2, 0.25) is 0 Å². The molecule has 0 heterocycles. The van der Waals surface area contributed by atoms with Crippen LogP contribution in [-0.2, 0) is 0 Å². The molecule has 0 saturated heterocycles. The van der Waals surface area contributed by atoms with Crippen LogP contribution in [0.4, 0.5) is 0 Å². The highest BCUT2D eigenvalue weighted by Crippen LogP contribution is 1.86. The lowest BCUT2D eigenvalue weighted by molar-refractivity contribution is 0.157. The second-order valence-electron chi connectivity index (χ2n) is 1.82. The summed E-state index contributed by atoms with van der Waals surface area (Å²) in [5, 5.41) is 11.7. The molecule has 0 bridgehead atoms. The second kappa shape index (κ2) is 2.99. The van der Waals surface area contributed by atoms with E-state index in [4.69, 9.17) is 5.11 Å². The monoisotopic (exact) mass is 103 g/mol. The van der Waals surface area contributed by atoms with Gasteiger partial charge in [0, 0.05) is 6.04 Å². The molecule has 0 amide bonds. The summed E-state index contributed by atoms with van der Waals surface area (Å²) in [6.45, 7) is 3.70. The maximum Gasteiger partial charge on any atom is 0.0662 e. The van der Waals surface area contributed by atoms with Crippen molar-refractivity contribution in [2.24, 2.45) is 0 Å². The number of nitrogens with one attached hydrogen (secondary N) is 1. The van der Waals surface area contributed by atoms with Crippen molar-refractivity contribution in [3.8, 4) is 0 Å². The zero-order chi connectivity index (χ0) is 5.86. The Bertz CT molecular complexity index is 45.3. The molecule has 0 saturated carbocycles. The highest BCUT2D eigenvalue weighted by molar-refractivity contribution is 4.61. The Morgan fingerprint density at radius 3 is 1.86 bits per heavy atom. The number of likely N-dealkylation sites (N-methyl/N-ethyl adjacent to an activating group) is 1. The SMILES string of the molecule is CN[C@H](C)C(C)O. The summed E-state index contributed by atoms with van der Waals surface area (Å²) in [6.07, 6.45) is -0.245. The van der Waals surface area contributed by atoms with E-state index in [1.165, 1.54) is 0 Å². The minimum Gasteiger partial charge on any atom is -0.392 e. The average Bonchev–Trinajstić information content (AvgIpc) is 1.65. The standard InChI is InChI=1S/C5H13NO/c1-4(6-3)5(2)7/h4-7H,1-3H3/t4-,5?/m1/s1. The Labute approximate surface area is 44.5 Å². The summed E-state index contributed by atoms with van der Waals surface area (Å²) in [7, 11) is 1.83. The zero-order valence-electron chi connectivity index (χ0n) is 5.10. The first-order valence-corrected chi connectivity index (χ1v) is 2.53. The van der Waals surface area contributed by atoms with E-state index in [0.29, 0.717) is 0 Å². The molecule has 0 aliphatic heterocycles. The average molecular weight is 103 g/mol. The van der Waals surface area contributed by atoms with E-state index in [-0.39, 0.29) is 12.1 Å². The van der Waals surface area contributed by atoms with Crippen molar-refractivity contribution < 1.29 is 5.11 Å². The molecular weight excluding hydrogens is 90.1 g/mol. The number of rotatable bonds is 2. The molecule has 1 unspecified atom stereocenters. The van der Waals surface area contributed by atoms with Gasteiger partial charge in [0.25, 0.3) is 0 Å². The van der Waals surface area contributed by atoms with Crippen LogP contribution in [0.25, 0.3) is 0 Å². The van der Waals surface area contributed by atoms with Gasteiger partial charge in [0.05, 0.1) is 6.10 Å². The first-order valence-electron chi connectivity index (χ1n) is 2.53. The Balaban J connectivity index is 3.14. The molecule has 0 radical (unpaired) electrons. The molecule has 2 nitrogen and oxygen atoms in total. The summed E-state index contributed by atoms with van der Waals surface area (Å²) in [6, 6.07) is 0.208. The van der Waals surface area contributed by atoms with Crippen molar-refractivity contribution in [2.75, 3.05) is 7.05 Å². The second-order valence-corrected chi connectivity index (χ2v) is 1.82. The molecule has 2 N–H and O–H groups in total. The first kappa shape index (κ1) is 6.92. The topological polar surface area (TPSA) is 32.3 Å². The third-order valence-electron chi connectivity index (χ3n) is 1.18. The quantitative estimate of drug-likeness (QED) is 0.514. The van der Waals surface area contributed by atoms with Gasteiger partial charge >= 0.3 is 0 Å². The first-order chi connectivity index (χ1) is 3.18. The van der Waals surface area contributed by atoms with E-state index < -0.39 is 0 Å². The molecule has 0 rings (SSSR count). The number of hydrogen-bond acceptors (Lipinski definition) is 2. The van der Waals surface area contributed by atoms with Crippen molar-refractivity contribution >= 4 is 0 Å². The van der Waals surface area contributed by atoms with E-state index in [1.54, 1.807) is 6.92 Å². The van der Waals surface area contributed by atoms with Crippen LogP contribution >= 0.6 is 0 Å². The molecular formula is C5H13NO.